The number of hydrogen-bond donors (Lipinski definition) is 22. The zero-order valence-electron chi connectivity index (χ0n) is 83.7. The van der Waals surface area contributed by atoms with Crippen LogP contribution in [0.1, 0.15) is 209 Å². The highest BCUT2D eigenvalue weighted by molar-refractivity contribution is 7.90. The van der Waals surface area contributed by atoms with Crippen molar-refractivity contribution < 1.29 is 151 Å². The lowest BCUT2D eigenvalue weighted by molar-refractivity contribution is -0.140. The molecule has 0 saturated carbocycles. The van der Waals surface area contributed by atoms with Gasteiger partial charge in [-0.2, -0.15) is 0 Å². The van der Waals surface area contributed by atoms with Crippen molar-refractivity contribution in [3.8, 4) is 0 Å². The summed E-state index contributed by atoms with van der Waals surface area (Å²) in [7, 11) is -2.37. The zero-order valence-corrected chi connectivity index (χ0v) is 85.3. The molecule has 0 aromatic heterocycles. The van der Waals surface area contributed by atoms with E-state index in [0.717, 1.165) is 51.9 Å². The normalized spacial score (nSPS) is 16.8. The maximum Gasteiger partial charge on any atom is 0.320 e. The molecule has 22 N–H and O–H groups in total. The summed E-state index contributed by atoms with van der Waals surface area (Å²) < 4.78 is 85.6. The molecule has 130 heavy (non-hydrogen) atoms. The number of aliphatic carboxylic acids is 1. The molecule has 1 rings (SSSR count). The Bertz CT molecular complexity index is 2990. The zero-order chi connectivity index (χ0) is 101. The fourth-order valence-electron chi connectivity index (χ4n) is 11.7. The number of piperazine rings is 1. The molecule has 15 atom stereocenters. The van der Waals surface area contributed by atoms with Gasteiger partial charge in [0, 0.05) is 132 Å². The van der Waals surface area contributed by atoms with Crippen LogP contribution in [0, 0.1) is 11.3 Å². The van der Waals surface area contributed by atoms with Gasteiger partial charge in [-0.05, 0) is 154 Å². The van der Waals surface area contributed by atoms with Crippen molar-refractivity contribution in [1.29, 1.82) is 0 Å². The third kappa shape index (κ3) is 84.0. The number of carboxylic acids is 1. The Labute approximate surface area is 780 Å². The average molecular weight is 1930 g/mol. The summed E-state index contributed by atoms with van der Waals surface area (Å²) in [6.07, 6.45) is -9.62. The quantitative estimate of drug-likeness (QED) is 0.0320. The van der Waals surface area contributed by atoms with Crippen LogP contribution in [0.25, 0.3) is 0 Å². The lowest BCUT2D eigenvalue weighted by atomic mass is 9.81. The van der Waals surface area contributed by atoms with E-state index in [2.05, 4.69) is 74.7 Å². The summed E-state index contributed by atoms with van der Waals surface area (Å²) in [5.74, 6) is -1.54. The molecule has 1 saturated heterocycles. The van der Waals surface area contributed by atoms with E-state index in [1.165, 1.54) is 12.5 Å². The number of hydrogen-bond acceptors (Lipinski definition) is 36. The third-order valence-corrected chi connectivity index (χ3v) is 21.0. The van der Waals surface area contributed by atoms with Crippen molar-refractivity contribution in [3.05, 3.63) is 0 Å². The molecule has 1 unspecified atom stereocenters. The van der Waals surface area contributed by atoms with Gasteiger partial charge in [-0.3, -0.25) is 34.3 Å². The molecule has 0 aromatic rings. The minimum atomic E-state index is -2.82. The molecular weight excluding hydrogens is 1740 g/mol. The number of amides is 3. The van der Waals surface area contributed by atoms with Gasteiger partial charge in [-0.15, -0.1) is 0 Å². The number of carboxylic acid groups (broad SMARTS) is 1. The second-order valence-corrected chi connectivity index (χ2v) is 43.4. The Morgan fingerprint density at radius 2 is 0.792 bits per heavy atom. The van der Waals surface area contributed by atoms with Crippen LogP contribution in [-0.2, 0) is 76.7 Å². The number of carbonyl (C=O) groups excluding carboxylic acids is 3. The molecule has 0 spiro atoms. The number of carbonyl (C=O) groups is 4. The van der Waals surface area contributed by atoms with Gasteiger partial charge in [0.1, 0.15) is 74.5 Å². The van der Waals surface area contributed by atoms with Gasteiger partial charge in [-0.1, -0.05) is 53.9 Å². The van der Waals surface area contributed by atoms with E-state index < -0.39 is 143 Å². The topological polar surface area (TPSA) is 605 Å². The fraction of sp³-hybridized carbons (Fsp3) is 0.955. The number of rotatable bonds is 63. The van der Waals surface area contributed by atoms with Crippen LogP contribution < -0.4 is 37.2 Å². The number of β-amino-alcohol motifs (C(OH)–C–C–N with tert-alkyl or cyclic N) is 1. The molecule has 0 aromatic carbocycles. The fourth-order valence-corrected chi connectivity index (χ4v) is 12.8. The highest BCUT2D eigenvalue weighted by atomic mass is 32.2. The molecule has 3 amide bonds. The van der Waals surface area contributed by atoms with E-state index in [1.54, 1.807) is 21.1 Å². The summed E-state index contributed by atoms with van der Waals surface area (Å²) in [5, 5.41) is 163. The van der Waals surface area contributed by atoms with Crippen LogP contribution in [-0.4, -0.2) is 449 Å². The van der Waals surface area contributed by atoms with Crippen LogP contribution in [0.5, 0.6) is 0 Å². The second-order valence-electron chi connectivity index (χ2n) is 38.9. The van der Waals surface area contributed by atoms with Gasteiger partial charge in [0.05, 0.1) is 148 Å². The Kier molecular flexibility index (Phi) is 77.7. The van der Waals surface area contributed by atoms with Crippen molar-refractivity contribution in [2.75, 3.05) is 209 Å². The predicted octanol–water partition coefficient (Wildman–Crippen LogP) is -1.15. The molecule has 782 valence electrons. The first-order chi connectivity index (χ1) is 59.9. The number of sulfone groups is 2. The number of ether oxygens (including phenoxy) is 8. The highest BCUT2D eigenvalue weighted by Gasteiger charge is 2.35. The minimum Gasteiger partial charge on any atom is -0.480 e. The van der Waals surface area contributed by atoms with Crippen LogP contribution >= 0.6 is 0 Å². The van der Waals surface area contributed by atoms with Gasteiger partial charge in [0.15, 0.2) is 0 Å². The number of methoxy groups -OCH3 is 2. The number of aliphatic hydroxyl groups excluding tert-OH is 14. The maximum atomic E-state index is 12.7. The Morgan fingerprint density at radius 3 is 1.17 bits per heavy atom. The summed E-state index contributed by atoms with van der Waals surface area (Å²) >= 11 is 0. The molecule has 0 aliphatic carbocycles. The lowest BCUT2D eigenvalue weighted by Crippen LogP contribution is -2.53. The van der Waals surface area contributed by atoms with E-state index in [9.17, 15) is 97.3 Å². The molecule has 1 fully saturated rings. The largest absolute Gasteiger partial charge is 0.480 e. The lowest BCUT2D eigenvalue weighted by Gasteiger charge is -2.42. The van der Waals surface area contributed by atoms with E-state index in [-0.39, 0.29) is 88.7 Å². The molecular formula is C88H187N9O31S2. The molecule has 1 aliphatic rings. The average Bonchev–Trinajstić information content (AvgIpc) is 0.857. The van der Waals surface area contributed by atoms with Gasteiger partial charge in [0.25, 0.3) is 0 Å². The molecule has 42 heteroatoms. The van der Waals surface area contributed by atoms with Crippen molar-refractivity contribution in [2.45, 2.75) is 322 Å². The Morgan fingerprint density at radius 1 is 0.400 bits per heavy atom. The first-order valence-electron chi connectivity index (χ1n) is 45.7. The summed E-state index contributed by atoms with van der Waals surface area (Å²) in [4.78, 5) is 53.3. The van der Waals surface area contributed by atoms with E-state index in [1.807, 2.05) is 104 Å². The number of unbranched alkanes of at least 4 members (excludes halogenated alkanes) is 2. The number of aliphatic hydroxyl groups is 14. The van der Waals surface area contributed by atoms with Gasteiger partial charge in [-0.25, -0.2) is 16.8 Å². The van der Waals surface area contributed by atoms with Crippen LogP contribution in [0.15, 0.2) is 0 Å². The molecule has 0 bridgehead atoms. The first kappa shape index (κ1) is 135. The minimum absolute atomic E-state index is 0.00465. The highest BCUT2D eigenvalue weighted by Crippen LogP contribution is 2.29. The van der Waals surface area contributed by atoms with Crippen LogP contribution in [0.2, 0.25) is 0 Å². The number of nitrogens with one attached hydrogen (secondary N) is 7. The predicted molar refractivity (Wildman–Crippen MR) is 503 cm³/mol. The van der Waals surface area contributed by atoms with Crippen molar-refractivity contribution in [1.82, 2.24) is 47.0 Å². The van der Waals surface area contributed by atoms with Crippen LogP contribution in [0.3, 0.4) is 0 Å². The van der Waals surface area contributed by atoms with Gasteiger partial charge >= 0.3 is 5.97 Å². The third-order valence-electron chi connectivity index (χ3n) is 19.1. The molecule has 40 nitrogen and oxygen atoms in total. The Hall–Kier alpha value is -3.34. The smallest absolute Gasteiger partial charge is 0.320 e. The molecule has 0 radical (unpaired) electrons. The summed E-state index contributed by atoms with van der Waals surface area (Å²) in [6.45, 7) is 50.9. The Balaban J connectivity index is -0.000000513. The van der Waals surface area contributed by atoms with Crippen molar-refractivity contribution in [2.24, 2.45) is 11.3 Å². The van der Waals surface area contributed by atoms with E-state index >= 15 is 0 Å². The first-order valence-corrected chi connectivity index (χ1v) is 49.8. The maximum absolute atomic E-state index is 12.7. The van der Waals surface area contributed by atoms with E-state index in [0.29, 0.717) is 138 Å². The van der Waals surface area contributed by atoms with E-state index in [4.69, 9.17) is 53.2 Å². The second kappa shape index (κ2) is 74.7. The van der Waals surface area contributed by atoms with Gasteiger partial charge in [0.2, 0.25) is 17.7 Å². The summed E-state index contributed by atoms with van der Waals surface area (Å²) in [6, 6.07) is -0.902. The molecule has 1 aliphatic heterocycles. The van der Waals surface area contributed by atoms with Gasteiger partial charge < -0.3 is 146 Å². The number of nitrogens with zero attached hydrogens (tertiary/aromatic N) is 2. The monoisotopic (exact) mass is 1930 g/mol. The SMILES string of the molecule is CC(C)(C)CC(CCC[C@H](O)[C@@H](O)[C@H](O)[C@H](O)CO)C(=O)NC[C@H](O)[C@@H](O)[C@H](O)[C@H](O)CO.CC(C)(C)N1CCN(CCS(C)(=O)=O)CC1.CC(C)(C)NCCS(C)(=O)=O.CCCCC[C@H](NC(C)(C)C)C(=O)O.CC[C@@H](O)[C@@H](O)[C@H](O)[C@@H](O)CNC(C)(C)C.COCCOCCOCCOCCNC(=O)CC[C@H](NC(C)(C)C)C(=O)NCCOCCOCCOCCOC. The standard InChI is InChI=1S/C27H55N3O10.C21H43NO11.C11H24N2O2S.C11H25NO4.C11H23NO2.C7H17NO2S/c1-27(2,3)30-24(26(32)29-9-11-36-17-19-40-23-21-38-15-13-34-5)6-7-25(31)28-8-10-35-16-18-39-22-20-37-14-12-33-4;1-21(2,3)7-11(5-4-6-12(25)16(29)18(31)14(27)9-23)20(33)22-8-13(26)17(30)19(32)15(28)10-24;1-11(2,3)13-7-5-12(6-8-13)9-10-16(4,14)15;1-5-7(13)9(15)10(16)8(14)6-12-11(2,3)4;1-5-6-7-8-9(10(13)14)12-11(2,3)4;1-7(2,3)8-5-6-11(4,9)10/h24,30H,6-23H2,1-5H3,(H,28,31)(H,29,32);11-19,23-32H,4-10H2,1-3H3,(H,22,33);5-10H2,1-4H3;7-10,12-16H,5-6H2,1-4H3;9,12H,5-8H2,1-4H3,(H,13,14);8H,5-6H2,1-4H3/t24-;11?,12-,13-,14+,15+,16+,17+,18+,19+;;7-,8+,9-,10-;9-;/m00.10./s1. The van der Waals surface area contributed by atoms with Crippen LogP contribution in [0.4, 0.5) is 0 Å². The summed E-state index contributed by atoms with van der Waals surface area (Å²) in [5.41, 5.74) is -0.607. The van der Waals surface area contributed by atoms with Crippen molar-refractivity contribution >= 4 is 43.4 Å². The van der Waals surface area contributed by atoms with Crippen molar-refractivity contribution in [3.63, 3.8) is 0 Å². The molecule has 1 heterocycles.